The molecule has 0 spiro atoms. The fraction of sp³-hybridized carbons (Fsp3) is 0.297. The molecule has 3 aromatic carbocycles. The molecule has 258 valence electrons. The van der Waals surface area contributed by atoms with Gasteiger partial charge < -0.3 is 30.8 Å². The fourth-order valence-corrected chi connectivity index (χ4v) is 6.15. The van der Waals surface area contributed by atoms with E-state index in [9.17, 15) is 14.4 Å². The number of likely N-dealkylation sites (tertiary alicyclic amines) is 1. The van der Waals surface area contributed by atoms with E-state index in [4.69, 9.17) is 5.73 Å². The molecule has 5 N–H and O–H groups in total. The van der Waals surface area contributed by atoms with E-state index in [0.717, 1.165) is 46.0 Å². The van der Waals surface area contributed by atoms with Crippen LogP contribution in [0.15, 0.2) is 97.6 Å². The van der Waals surface area contributed by atoms with Crippen molar-refractivity contribution in [3.8, 4) is 11.1 Å². The van der Waals surface area contributed by atoms with Crippen LogP contribution in [0.1, 0.15) is 44.7 Å². The molecule has 6 rings (SSSR count). The molecule has 2 aromatic heterocycles. The van der Waals surface area contributed by atoms with Crippen LogP contribution in [0.25, 0.3) is 22.0 Å². The molecule has 1 saturated heterocycles. The van der Waals surface area contributed by atoms with Gasteiger partial charge in [-0.3, -0.25) is 14.4 Å². The second-order valence-corrected chi connectivity index (χ2v) is 13.0. The van der Waals surface area contributed by atoms with Gasteiger partial charge in [0.25, 0.3) is 5.91 Å². The standard InChI is InChI=1S/C37H41N7O3.2ClH/c1-36(2,38)34(46)41-31(21-27-22-39-30-14-8-7-13-29(27)30)33(45)42-32-23-44(24-40-32)37(3,35(47)43-19-9-10-20-43)28-17-15-26(16-18-28)25-11-5-4-6-12-25;;/h4-8,11-18,22-24,31,39H,9-10,19-21,38H2,1-3H3,(H,41,46)(H,42,45);2*1H/t31-,37?;;/m1../s1. The molecule has 1 fully saturated rings. The molecule has 1 aliphatic rings. The average Bonchev–Trinajstić information content (AvgIpc) is 3.86. The van der Waals surface area contributed by atoms with Crippen molar-refractivity contribution in [1.82, 2.24) is 24.8 Å². The molecule has 49 heavy (non-hydrogen) atoms. The third-order valence-corrected chi connectivity index (χ3v) is 9.02. The van der Waals surface area contributed by atoms with Gasteiger partial charge in [-0.1, -0.05) is 72.8 Å². The van der Waals surface area contributed by atoms with Crippen LogP contribution in [-0.2, 0) is 26.3 Å². The van der Waals surface area contributed by atoms with Crippen molar-refractivity contribution in [3.63, 3.8) is 0 Å². The van der Waals surface area contributed by atoms with E-state index in [1.54, 1.807) is 30.9 Å². The number of hydrogen-bond donors (Lipinski definition) is 4. The summed E-state index contributed by atoms with van der Waals surface area (Å²) < 4.78 is 1.76. The summed E-state index contributed by atoms with van der Waals surface area (Å²) in [6.07, 6.45) is 7.25. The van der Waals surface area contributed by atoms with Crippen LogP contribution >= 0.6 is 24.8 Å². The molecule has 0 radical (unpaired) electrons. The molecule has 0 bridgehead atoms. The number of aromatic nitrogens is 3. The predicted octanol–water partition coefficient (Wildman–Crippen LogP) is 5.66. The normalized spacial score (nSPS) is 14.7. The van der Waals surface area contributed by atoms with Gasteiger partial charge in [0.15, 0.2) is 5.82 Å². The number of rotatable bonds is 10. The highest BCUT2D eigenvalue weighted by molar-refractivity contribution is 5.98. The molecule has 0 saturated carbocycles. The Labute approximate surface area is 298 Å². The number of carbonyl (C=O) groups excluding carboxylic acids is 3. The number of H-pyrrole nitrogens is 1. The zero-order chi connectivity index (χ0) is 33.2. The van der Waals surface area contributed by atoms with Crippen molar-refractivity contribution in [2.75, 3.05) is 18.4 Å². The predicted molar refractivity (Wildman–Crippen MR) is 198 cm³/mol. The number of amides is 3. The van der Waals surface area contributed by atoms with Crippen LogP contribution < -0.4 is 16.4 Å². The number of para-hydroxylation sites is 1. The molecule has 0 aliphatic carbocycles. The first kappa shape index (κ1) is 37.2. The SMILES string of the molecule is CC(C)(N)C(=O)N[C@H](Cc1c[nH]c2ccccc12)C(=O)Nc1cn(C(C)(C(=O)N2CCCC2)c2ccc(-c3ccccc3)cc2)cn1.Cl.Cl. The number of nitrogens with one attached hydrogen (secondary N) is 3. The lowest BCUT2D eigenvalue weighted by atomic mass is 9.88. The molecule has 10 nitrogen and oxygen atoms in total. The third-order valence-electron chi connectivity index (χ3n) is 9.02. The molecule has 5 aromatic rings. The Hall–Kier alpha value is -4.64. The summed E-state index contributed by atoms with van der Waals surface area (Å²) in [7, 11) is 0. The van der Waals surface area contributed by atoms with Gasteiger partial charge in [-0.25, -0.2) is 4.98 Å². The summed E-state index contributed by atoms with van der Waals surface area (Å²) in [6, 6.07) is 25.0. The molecule has 1 unspecified atom stereocenters. The van der Waals surface area contributed by atoms with Gasteiger partial charge in [-0.2, -0.15) is 0 Å². The monoisotopic (exact) mass is 703 g/mol. The van der Waals surface area contributed by atoms with E-state index in [1.165, 1.54) is 0 Å². The summed E-state index contributed by atoms with van der Waals surface area (Å²) in [5.74, 6) is -0.669. The second-order valence-electron chi connectivity index (χ2n) is 13.0. The smallest absolute Gasteiger partial charge is 0.253 e. The molecule has 12 heteroatoms. The number of anilines is 1. The van der Waals surface area contributed by atoms with Crippen LogP contribution in [0.4, 0.5) is 5.82 Å². The molecule has 1 aliphatic heterocycles. The number of benzene rings is 3. The van der Waals surface area contributed by atoms with E-state index in [0.29, 0.717) is 13.1 Å². The second kappa shape index (κ2) is 15.3. The van der Waals surface area contributed by atoms with Gasteiger partial charge in [0.05, 0.1) is 11.9 Å². The number of fused-ring (bicyclic) bond motifs is 1. The Morgan fingerprint density at radius 1 is 0.898 bits per heavy atom. The number of hydrogen-bond acceptors (Lipinski definition) is 5. The number of aromatic amines is 1. The molecular weight excluding hydrogens is 661 g/mol. The highest BCUT2D eigenvalue weighted by Gasteiger charge is 2.41. The molecule has 3 amide bonds. The van der Waals surface area contributed by atoms with Crippen molar-refractivity contribution < 1.29 is 14.4 Å². The van der Waals surface area contributed by atoms with Crippen LogP contribution in [0.2, 0.25) is 0 Å². The van der Waals surface area contributed by atoms with E-state index < -0.39 is 28.9 Å². The van der Waals surface area contributed by atoms with Crippen LogP contribution in [0.5, 0.6) is 0 Å². The zero-order valence-corrected chi connectivity index (χ0v) is 29.4. The number of nitrogens with two attached hydrogens (primary N) is 1. The Morgan fingerprint density at radius 2 is 1.53 bits per heavy atom. The quantitative estimate of drug-likeness (QED) is 0.149. The van der Waals surface area contributed by atoms with Gasteiger partial charge in [-0.05, 0) is 61.9 Å². The maximum absolute atomic E-state index is 14.2. The van der Waals surface area contributed by atoms with Crippen molar-refractivity contribution in [2.24, 2.45) is 5.73 Å². The van der Waals surface area contributed by atoms with Crippen molar-refractivity contribution in [2.45, 2.75) is 57.2 Å². The highest BCUT2D eigenvalue weighted by atomic mass is 35.5. The minimum Gasteiger partial charge on any atom is -0.361 e. The van der Waals surface area contributed by atoms with E-state index in [2.05, 4.69) is 32.7 Å². The summed E-state index contributed by atoms with van der Waals surface area (Å²) in [5, 5.41) is 6.68. The van der Waals surface area contributed by atoms with Crippen molar-refractivity contribution in [1.29, 1.82) is 0 Å². The van der Waals surface area contributed by atoms with Crippen molar-refractivity contribution in [3.05, 3.63) is 109 Å². The summed E-state index contributed by atoms with van der Waals surface area (Å²) >= 11 is 0. The van der Waals surface area contributed by atoms with Gasteiger partial charge in [-0.15, -0.1) is 24.8 Å². The molecule has 2 atom stereocenters. The van der Waals surface area contributed by atoms with E-state index in [-0.39, 0.29) is 43.0 Å². The Bertz CT molecular complexity index is 1890. The minimum atomic E-state index is -1.19. The first-order valence-corrected chi connectivity index (χ1v) is 16.0. The van der Waals surface area contributed by atoms with Gasteiger partial charge in [0, 0.05) is 42.8 Å². The van der Waals surface area contributed by atoms with Gasteiger partial charge in [0.1, 0.15) is 11.6 Å². The van der Waals surface area contributed by atoms with Gasteiger partial charge in [0.2, 0.25) is 11.8 Å². The first-order valence-electron chi connectivity index (χ1n) is 16.0. The summed E-state index contributed by atoms with van der Waals surface area (Å²) in [4.78, 5) is 50.5. The number of halogens is 2. The lowest BCUT2D eigenvalue weighted by molar-refractivity contribution is -0.137. The fourth-order valence-electron chi connectivity index (χ4n) is 6.15. The Morgan fingerprint density at radius 3 is 2.20 bits per heavy atom. The van der Waals surface area contributed by atoms with Crippen LogP contribution in [0.3, 0.4) is 0 Å². The summed E-state index contributed by atoms with van der Waals surface area (Å²) in [5.41, 5.74) is 8.53. The minimum absolute atomic E-state index is 0. The lowest BCUT2D eigenvalue weighted by Crippen LogP contribution is -2.55. The van der Waals surface area contributed by atoms with Crippen LogP contribution in [0, 0.1) is 0 Å². The maximum Gasteiger partial charge on any atom is 0.253 e. The lowest BCUT2D eigenvalue weighted by Gasteiger charge is -2.34. The molecular formula is C37H43Cl2N7O3. The Balaban J connectivity index is 0.00000270. The first-order chi connectivity index (χ1) is 22.5. The number of carbonyl (C=O) groups is 3. The summed E-state index contributed by atoms with van der Waals surface area (Å²) in [6.45, 7) is 6.47. The largest absolute Gasteiger partial charge is 0.361 e. The van der Waals surface area contributed by atoms with Crippen molar-refractivity contribution >= 4 is 59.3 Å². The zero-order valence-electron chi connectivity index (χ0n) is 27.8. The third kappa shape index (κ3) is 7.83. The Kier molecular flexibility index (Phi) is 11.6. The van der Waals surface area contributed by atoms with Gasteiger partial charge >= 0.3 is 0 Å². The number of imidazole rings is 1. The van der Waals surface area contributed by atoms with E-state index in [1.807, 2.05) is 84.8 Å². The number of nitrogens with zero attached hydrogens (tertiary/aromatic N) is 3. The highest BCUT2D eigenvalue weighted by Crippen LogP contribution is 2.33. The van der Waals surface area contributed by atoms with E-state index >= 15 is 0 Å². The van der Waals surface area contributed by atoms with Crippen LogP contribution in [-0.4, -0.2) is 61.8 Å². The molecule has 3 heterocycles. The topological polar surface area (TPSA) is 138 Å². The average molecular weight is 705 g/mol. The maximum atomic E-state index is 14.2.